The molecular formula is C15H16O5. The van der Waals surface area contributed by atoms with Gasteiger partial charge in [0.1, 0.15) is 11.2 Å². The predicted octanol–water partition coefficient (Wildman–Crippen LogP) is 1.61. The molecule has 0 saturated carbocycles. The van der Waals surface area contributed by atoms with Gasteiger partial charge in [-0.3, -0.25) is 9.59 Å². The summed E-state index contributed by atoms with van der Waals surface area (Å²) in [4.78, 5) is 23.8. The normalized spacial score (nSPS) is 28.8. The van der Waals surface area contributed by atoms with Gasteiger partial charge in [0.2, 0.25) is 0 Å². The number of Topliss-reactive ketones (excluding diaryl/α,β-unsaturated/α-hetero) is 1. The number of hydrogen-bond acceptors (Lipinski definition) is 4. The number of fused-ring (bicyclic) bond motifs is 1. The summed E-state index contributed by atoms with van der Waals surface area (Å²) < 4.78 is 10.8. The van der Waals surface area contributed by atoms with Gasteiger partial charge in [-0.15, -0.1) is 0 Å². The van der Waals surface area contributed by atoms with E-state index in [4.69, 9.17) is 9.47 Å². The average Bonchev–Trinajstić information content (AvgIpc) is 2.84. The first-order valence-corrected chi connectivity index (χ1v) is 6.70. The third-order valence-corrected chi connectivity index (χ3v) is 4.16. The highest BCUT2D eigenvalue weighted by atomic mass is 16.5. The molecule has 5 heteroatoms. The Labute approximate surface area is 116 Å². The lowest BCUT2D eigenvalue weighted by atomic mass is 9.73. The molecule has 0 amide bonds. The number of carboxylic acid groups (broad SMARTS) is 1. The summed E-state index contributed by atoms with van der Waals surface area (Å²) in [6.45, 7) is 0.688. The van der Waals surface area contributed by atoms with Crippen LogP contribution < -0.4 is 4.74 Å². The molecule has 1 saturated heterocycles. The summed E-state index contributed by atoms with van der Waals surface area (Å²) in [5, 5.41) is 9.53. The zero-order chi connectivity index (χ0) is 14.2. The molecule has 0 bridgehead atoms. The van der Waals surface area contributed by atoms with Gasteiger partial charge < -0.3 is 14.6 Å². The van der Waals surface area contributed by atoms with E-state index in [2.05, 4.69) is 0 Å². The summed E-state index contributed by atoms with van der Waals surface area (Å²) >= 11 is 0. The van der Waals surface area contributed by atoms with E-state index in [9.17, 15) is 14.7 Å². The number of aliphatic carboxylic acids is 1. The summed E-state index contributed by atoms with van der Waals surface area (Å²) in [5.74, 6) is -0.623. The van der Waals surface area contributed by atoms with Crippen molar-refractivity contribution in [2.24, 2.45) is 5.41 Å². The maximum absolute atomic E-state index is 12.2. The van der Waals surface area contributed by atoms with Crippen LogP contribution in [0.15, 0.2) is 24.3 Å². The molecule has 2 atom stereocenters. The lowest BCUT2D eigenvalue weighted by Gasteiger charge is -2.33. The van der Waals surface area contributed by atoms with Gasteiger partial charge in [0, 0.05) is 17.9 Å². The molecule has 1 fully saturated rings. The van der Waals surface area contributed by atoms with Gasteiger partial charge >= 0.3 is 5.97 Å². The standard InChI is InChI=1S/C15H16O5/c16-13-5-6-19-9-15(13,14(17)18)7-10-8-20-12-4-2-1-3-11(10)12/h1-4,10H,5-9H2,(H,17,18). The highest BCUT2D eigenvalue weighted by Crippen LogP contribution is 2.42. The van der Waals surface area contributed by atoms with E-state index in [1.165, 1.54) is 0 Å². The van der Waals surface area contributed by atoms with Gasteiger partial charge in [-0.25, -0.2) is 0 Å². The number of benzene rings is 1. The molecule has 1 aromatic rings. The summed E-state index contributed by atoms with van der Waals surface area (Å²) in [6.07, 6.45) is 0.402. The minimum Gasteiger partial charge on any atom is -0.493 e. The fourth-order valence-corrected chi connectivity index (χ4v) is 2.99. The van der Waals surface area contributed by atoms with E-state index in [0.29, 0.717) is 13.2 Å². The van der Waals surface area contributed by atoms with E-state index in [-0.39, 0.29) is 31.1 Å². The Balaban J connectivity index is 1.89. The topological polar surface area (TPSA) is 72.8 Å². The quantitative estimate of drug-likeness (QED) is 0.849. The molecule has 2 aliphatic rings. The largest absolute Gasteiger partial charge is 0.493 e. The minimum atomic E-state index is -1.43. The monoisotopic (exact) mass is 276 g/mol. The number of carboxylic acids is 1. The smallest absolute Gasteiger partial charge is 0.319 e. The van der Waals surface area contributed by atoms with Crippen LogP contribution in [-0.4, -0.2) is 36.7 Å². The van der Waals surface area contributed by atoms with E-state index >= 15 is 0 Å². The molecule has 106 valence electrons. The maximum Gasteiger partial charge on any atom is 0.319 e. The fourth-order valence-electron chi connectivity index (χ4n) is 2.99. The maximum atomic E-state index is 12.2. The summed E-state index contributed by atoms with van der Waals surface area (Å²) in [6, 6.07) is 7.56. The number of ether oxygens (including phenoxy) is 2. The third kappa shape index (κ3) is 1.98. The first-order valence-electron chi connectivity index (χ1n) is 6.70. The Morgan fingerprint density at radius 3 is 2.95 bits per heavy atom. The van der Waals surface area contributed by atoms with Crippen molar-refractivity contribution in [3.63, 3.8) is 0 Å². The van der Waals surface area contributed by atoms with Gasteiger partial charge in [-0.05, 0) is 12.5 Å². The first-order chi connectivity index (χ1) is 9.63. The van der Waals surface area contributed by atoms with Crippen molar-refractivity contribution in [3.05, 3.63) is 29.8 Å². The Kier molecular flexibility index (Phi) is 3.22. The molecule has 0 aromatic heterocycles. The molecule has 5 nitrogen and oxygen atoms in total. The van der Waals surface area contributed by atoms with Gasteiger partial charge in [0.25, 0.3) is 0 Å². The molecule has 1 N–H and O–H groups in total. The van der Waals surface area contributed by atoms with E-state index in [1.807, 2.05) is 24.3 Å². The number of carbonyl (C=O) groups excluding carboxylic acids is 1. The van der Waals surface area contributed by atoms with Crippen molar-refractivity contribution in [1.29, 1.82) is 0 Å². The van der Waals surface area contributed by atoms with Crippen LogP contribution in [0.1, 0.15) is 24.3 Å². The molecule has 0 spiro atoms. The molecule has 2 aliphatic heterocycles. The third-order valence-electron chi connectivity index (χ3n) is 4.16. The first kappa shape index (κ1) is 13.1. The van der Waals surface area contributed by atoms with Crippen LogP contribution in [-0.2, 0) is 14.3 Å². The van der Waals surface area contributed by atoms with Crippen molar-refractivity contribution >= 4 is 11.8 Å². The van der Waals surface area contributed by atoms with Gasteiger partial charge in [-0.1, -0.05) is 18.2 Å². The van der Waals surface area contributed by atoms with Crippen molar-refractivity contribution in [3.8, 4) is 5.75 Å². The van der Waals surface area contributed by atoms with Gasteiger partial charge in [0.05, 0.1) is 19.8 Å². The molecular weight excluding hydrogens is 260 g/mol. The van der Waals surface area contributed by atoms with Gasteiger partial charge in [-0.2, -0.15) is 0 Å². The van der Waals surface area contributed by atoms with Crippen LogP contribution in [0.3, 0.4) is 0 Å². The van der Waals surface area contributed by atoms with E-state index in [1.54, 1.807) is 0 Å². The van der Waals surface area contributed by atoms with Crippen molar-refractivity contribution < 1.29 is 24.2 Å². The lowest BCUT2D eigenvalue weighted by Crippen LogP contribution is -2.48. The summed E-state index contributed by atoms with van der Waals surface area (Å²) in [7, 11) is 0. The van der Waals surface area contributed by atoms with Crippen molar-refractivity contribution in [2.75, 3.05) is 19.8 Å². The van der Waals surface area contributed by atoms with Crippen molar-refractivity contribution in [2.45, 2.75) is 18.8 Å². The molecule has 20 heavy (non-hydrogen) atoms. The van der Waals surface area contributed by atoms with Crippen LogP contribution in [0.5, 0.6) is 5.75 Å². The highest BCUT2D eigenvalue weighted by molar-refractivity contribution is 6.03. The number of para-hydroxylation sites is 1. The van der Waals surface area contributed by atoms with E-state index < -0.39 is 11.4 Å². The zero-order valence-electron chi connectivity index (χ0n) is 11.0. The molecule has 2 heterocycles. The molecule has 1 aromatic carbocycles. The second-order valence-corrected chi connectivity index (χ2v) is 5.36. The average molecular weight is 276 g/mol. The Hall–Kier alpha value is -1.88. The van der Waals surface area contributed by atoms with Crippen LogP contribution in [0.2, 0.25) is 0 Å². The van der Waals surface area contributed by atoms with Crippen LogP contribution in [0, 0.1) is 5.41 Å². The molecule has 0 radical (unpaired) electrons. The number of ketones is 1. The SMILES string of the molecule is O=C(O)C1(CC2COc3ccccc32)COCCC1=O. The minimum absolute atomic E-state index is 0.0418. The zero-order valence-corrected chi connectivity index (χ0v) is 11.0. The molecule has 0 aliphatic carbocycles. The van der Waals surface area contributed by atoms with E-state index in [0.717, 1.165) is 11.3 Å². The van der Waals surface area contributed by atoms with Crippen LogP contribution >= 0.6 is 0 Å². The second-order valence-electron chi connectivity index (χ2n) is 5.36. The number of carbonyl (C=O) groups is 2. The van der Waals surface area contributed by atoms with Crippen LogP contribution in [0.4, 0.5) is 0 Å². The lowest BCUT2D eigenvalue weighted by molar-refractivity contribution is -0.165. The van der Waals surface area contributed by atoms with Crippen molar-refractivity contribution in [1.82, 2.24) is 0 Å². The Morgan fingerprint density at radius 2 is 2.20 bits per heavy atom. The predicted molar refractivity (Wildman–Crippen MR) is 69.8 cm³/mol. The van der Waals surface area contributed by atoms with Crippen LogP contribution in [0.25, 0.3) is 0 Å². The van der Waals surface area contributed by atoms with Gasteiger partial charge in [0.15, 0.2) is 5.78 Å². The fraction of sp³-hybridized carbons (Fsp3) is 0.467. The second kappa shape index (κ2) is 4.90. The molecule has 2 unspecified atom stereocenters. The highest BCUT2D eigenvalue weighted by Gasteiger charge is 2.50. The summed E-state index contributed by atoms with van der Waals surface area (Å²) in [5.41, 5.74) is -0.449. The molecule has 3 rings (SSSR count). The number of rotatable bonds is 3. The Morgan fingerprint density at radius 1 is 1.40 bits per heavy atom. The number of hydrogen-bond donors (Lipinski definition) is 1. The Bertz CT molecular complexity index is 553.